The van der Waals surface area contributed by atoms with E-state index in [-0.39, 0.29) is 24.5 Å². The molecule has 2 aliphatic rings. The summed E-state index contributed by atoms with van der Waals surface area (Å²) in [4.78, 5) is 14.5. The molecule has 0 N–H and O–H groups in total. The Morgan fingerprint density at radius 1 is 1.21 bits per heavy atom. The number of anilines is 1. The number of rotatable bonds is 3. The summed E-state index contributed by atoms with van der Waals surface area (Å²) >= 11 is 0. The second kappa shape index (κ2) is 7.25. The lowest BCUT2D eigenvalue weighted by Gasteiger charge is -2.35. The number of aromatic nitrogens is 2. The summed E-state index contributed by atoms with van der Waals surface area (Å²) in [5, 5.41) is 12.8. The molecular formula is C18H18F3N5O2. The topological polar surface area (TPSA) is 74.8 Å². The van der Waals surface area contributed by atoms with Crippen molar-refractivity contribution < 1.29 is 22.4 Å². The molecule has 3 heterocycles. The van der Waals surface area contributed by atoms with Crippen LogP contribution >= 0.6 is 0 Å². The van der Waals surface area contributed by atoms with Crippen LogP contribution in [0.4, 0.5) is 19.2 Å². The van der Waals surface area contributed by atoms with Crippen molar-refractivity contribution in [2.75, 3.05) is 18.0 Å². The van der Waals surface area contributed by atoms with Crippen molar-refractivity contribution >= 4 is 18.1 Å². The number of hydrazone groups is 1. The number of benzene rings is 1. The molecule has 0 spiro atoms. The van der Waals surface area contributed by atoms with Gasteiger partial charge in [-0.3, -0.25) is 4.79 Å². The number of hydrogen-bond acceptors (Lipinski definition) is 6. The molecule has 2 aliphatic heterocycles. The van der Waals surface area contributed by atoms with Crippen molar-refractivity contribution in [3.63, 3.8) is 0 Å². The van der Waals surface area contributed by atoms with Gasteiger partial charge in [-0.1, -0.05) is 5.10 Å². The third-order valence-corrected chi connectivity index (χ3v) is 4.97. The average molecular weight is 393 g/mol. The Bertz CT molecular complexity index is 898. The number of aryl methyl sites for hydroxylation is 1. The van der Waals surface area contributed by atoms with Gasteiger partial charge in [-0.2, -0.15) is 5.10 Å². The summed E-state index contributed by atoms with van der Waals surface area (Å²) < 4.78 is 47.2. The van der Waals surface area contributed by atoms with Crippen LogP contribution in [0.1, 0.15) is 30.3 Å². The Hall–Kier alpha value is -2.91. The van der Waals surface area contributed by atoms with Gasteiger partial charge in [0.2, 0.25) is 11.8 Å². The normalized spacial score (nSPS) is 24.8. The van der Waals surface area contributed by atoms with E-state index >= 15 is 0 Å². The molecular weight excluding hydrogens is 375 g/mol. The van der Waals surface area contributed by atoms with Crippen LogP contribution in [0.25, 0.3) is 0 Å². The molecule has 28 heavy (non-hydrogen) atoms. The van der Waals surface area contributed by atoms with Gasteiger partial charge in [0.25, 0.3) is 0 Å². The minimum atomic E-state index is -1.46. The molecule has 7 nitrogen and oxygen atoms in total. The molecule has 2 aromatic rings. The van der Waals surface area contributed by atoms with Crippen LogP contribution in [0.15, 0.2) is 27.7 Å². The standard InChI is InChI=1S/C18H18F3N5O2/c1-10-23-24-18(28-10)25-5-3-14(15(21)9-25)17(27)26-16(2-4-22-26)11-6-12(19)8-13(20)7-11/h4,6-8,14-16H,2-3,5,9H2,1H3/t14-,15+,16+/m0/s1. The van der Waals surface area contributed by atoms with Gasteiger partial charge in [0.15, 0.2) is 0 Å². The van der Waals surface area contributed by atoms with Crippen molar-refractivity contribution in [1.29, 1.82) is 0 Å². The number of amides is 1. The molecule has 1 saturated heterocycles. The first-order valence-corrected chi connectivity index (χ1v) is 8.93. The van der Waals surface area contributed by atoms with Gasteiger partial charge in [-0.25, -0.2) is 18.2 Å². The number of carbonyl (C=O) groups is 1. The fourth-order valence-electron chi connectivity index (χ4n) is 3.61. The molecule has 1 aromatic carbocycles. The van der Waals surface area contributed by atoms with Gasteiger partial charge in [0.05, 0.1) is 18.5 Å². The fraction of sp³-hybridized carbons (Fsp3) is 0.444. The first-order chi connectivity index (χ1) is 13.4. The van der Waals surface area contributed by atoms with Crippen LogP contribution in [0.3, 0.4) is 0 Å². The molecule has 0 unspecified atom stereocenters. The van der Waals surface area contributed by atoms with Crippen LogP contribution in [-0.2, 0) is 4.79 Å². The van der Waals surface area contributed by atoms with Crippen LogP contribution < -0.4 is 4.90 Å². The van der Waals surface area contributed by atoms with Gasteiger partial charge >= 0.3 is 6.01 Å². The Morgan fingerprint density at radius 2 is 1.96 bits per heavy atom. The van der Waals surface area contributed by atoms with Crippen LogP contribution in [0.2, 0.25) is 0 Å². The zero-order valence-corrected chi connectivity index (χ0v) is 15.1. The van der Waals surface area contributed by atoms with Crippen molar-refractivity contribution in [3.05, 3.63) is 41.3 Å². The van der Waals surface area contributed by atoms with Crippen molar-refractivity contribution in [1.82, 2.24) is 15.2 Å². The van der Waals surface area contributed by atoms with E-state index in [2.05, 4.69) is 15.3 Å². The summed E-state index contributed by atoms with van der Waals surface area (Å²) in [6.07, 6.45) is 0.576. The maximum Gasteiger partial charge on any atom is 0.318 e. The number of nitrogens with zero attached hydrogens (tertiary/aromatic N) is 5. The molecule has 0 saturated carbocycles. The highest BCUT2D eigenvalue weighted by molar-refractivity contribution is 5.82. The largest absolute Gasteiger partial charge is 0.408 e. The quantitative estimate of drug-likeness (QED) is 0.802. The maximum absolute atomic E-state index is 14.8. The monoisotopic (exact) mass is 393 g/mol. The highest BCUT2D eigenvalue weighted by Crippen LogP contribution is 2.34. The third kappa shape index (κ3) is 3.46. The molecule has 3 atom stereocenters. The highest BCUT2D eigenvalue weighted by atomic mass is 19.1. The Morgan fingerprint density at radius 3 is 2.61 bits per heavy atom. The summed E-state index contributed by atoms with van der Waals surface area (Å²) in [5.41, 5.74) is 0.289. The van der Waals surface area contributed by atoms with Crippen molar-refractivity contribution in [3.8, 4) is 0 Å². The second-order valence-electron chi connectivity index (χ2n) is 6.90. The van der Waals surface area contributed by atoms with Crippen LogP contribution in [0.5, 0.6) is 0 Å². The molecule has 1 aromatic heterocycles. The Labute approximate surface area is 158 Å². The fourth-order valence-corrected chi connectivity index (χ4v) is 3.61. The van der Waals surface area contributed by atoms with Gasteiger partial charge in [0.1, 0.15) is 17.8 Å². The van der Waals surface area contributed by atoms with E-state index in [1.54, 1.807) is 11.8 Å². The van der Waals surface area contributed by atoms with E-state index in [4.69, 9.17) is 4.42 Å². The second-order valence-corrected chi connectivity index (χ2v) is 6.90. The molecule has 10 heteroatoms. The zero-order valence-electron chi connectivity index (χ0n) is 15.1. The summed E-state index contributed by atoms with van der Waals surface area (Å²) in [7, 11) is 0. The van der Waals surface area contributed by atoms with Gasteiger partial charge in [-0.15, -0.1) is 5.10 Å². The minimum Gasteiger partial charge on any atom is -0.408 e. The van der Waals surface area contributed by atoms with E-state index in [1.165, 1.54) is 6.21 Å². The van der Waals surface area contributed by atoms with E-state index in [0.717, 1.165) is 23.2 Å². The number of piperidine rings is 1. The summed E-state index contributed by atoms with van der Waals surface area (Å²) in [5.74, 6) is -2.50. The molecule has 0 radical (unpaired) electrons. The Kier molecular flexibility index (Phi) is 4.78. The maximum atomic E-state index is 14.8. The predicted molar refractivity (Wildman–Crippen MR) is 93.3 cm³/mol. The van der Waals surface area contributed by atoms with E-state index < -0.39 is 35.7 Å². The van der Waals surface area contributed by atoms with Crippen molar-refractivity contribution in [2.24, 2.45) is 11.0 Å². The third-order valence-electron chi connectivity index (χ3n) is 4.97. The Balaban J connectivity index is 1.48. The molecule has 4 rings (SSSR count). The molecule has 1 amide bonds. The van der Waals surface area contributed by atoms with Gasteiger partial charge in [0, 0.05) is 32.2 Å². The molecule has 148 valence electrons. The SMILES string of the molecule is Cc1nnc(N2CC[C@H](C(=O)N3N=CC[C@@H]3c3cc(F)cc(F)c3)[C@H](F)C2)o1. The zero-order chi connectivity index (χ0) is 19.8. The van der Waals surface area contributed by atoms with Crippen LogP contribution in [-0.4, -0.2) is 46.6 Å². The van der Waals surface area contributed by atoms with E-state index in [0.29, 0.717) is 18.9 Å². The number of carbonyl (C=O) groups excluding carboxylic acids is 1. The van der Waals surface area contributed by atoms with Gasteiger partial charge in [-0.05, 0) is 24.1 Å². The van der Waals surface area contributed by atoms with E-state index in [1.807, 2.05) is 0 Å². The van der Waals surface area contributed by atoms with E-state index in [9.17, 15) is 18.0 Å². The lowest BCUT2D eigenvalue weighted by molar-refractivity contribution is -0.140. The van der Waals surface area contributed by atoms with Gasteiger partial charge < -0.3 is 9.32 Å². The smallest absolute Gasteiger partial charge is 0.318 e. The number of alkyl halides is 1. The summed E-state index contributed by atoms with van der Waals surface area (Å²) in [6, 6.07) is 2.66. The molecule has 1 fully saturated rings. The number of hydrogen-bond donors (Lipinski definition) is 0. The average Bonchev–Trinajstić information content (AvgIpc) is 3.29. The van der Waals surface area contributed by atoms with Crippen molar-refractivity contribution in [2.45, 2.75) is 32.0 Å². The van der Waals surface area contributed by atoms with Crippen LogP contribution in [0, 0.1) is 24.5 Å². The first kappa shape index (κ1) is 18.5. The number of halogens is 3. The highest BCUT2D eigenvalue weighted by Gasteiger charge is 2.41. The predicted octanol–water partition coefficient (Wildman–Crippen LogP) is 2.78. The minimum absolute atomic E-state index is 0.0607. The summed E-state index contributed by atoms with van der Waals surface area (Å²) in [6.45, 7) is 1.95. The molecule has 0 aliphatic carbocycles. The lowest BCUT2D eigenvalue weighted by Crippen LogP contribution is -2.48. The lowest BCUT2D eigenvalue weighted by atomic mass is 9.93. The first-order valence-electron chi connectivity index (χ1n) is 8.93. The molecule has 0 bridgehead atoms.